The number of nitrogens with zero attached hydrogens (tertiary/aromatic N) is 3. The molecular weight excluding hydrogens is 286 g/mol. The second-order valence-electron chi connectivity index (χ2n) is 6.18. The fourth-order valence-corrected chi connectivity index (χ4v) is 2.31. The second kappa shape index (κ2) is 14.3. The summed E-state index contributed by atoms with van der Waals surface area (Å²) in [6.45, 7) is 12.4. The Bertz CT molecular complexity index is 311. The Balaban J connectivity index is 4.81. The lowest BCUT2D eigenvalue weighted by atomic mass is 10.2. The Hall–Kier alpha value is -1.26. The molecule has 0 aromatic rings. The summed E-state index contributed by atoms with van der Waals surface area (Å²) in [4.78, 5) is 8.62. The van der Waals surface area contributed by atoms with Gasteiger partial charge < -0.3 is 15.5 Å². The van der Waals surface area contributed by atoms with E-state index >= 15 is 0 Å². The Morgan fingerprint density at radius 2 is 1.09 bits per heavy atom. The number of nitrogens with one attached hydrogen (secondary N) is 1. The zero-order valence-corrected chi connectivity index (χ0v) is 15.9. The maximum atomic E-state index is 8.31. The van der Waals surface area contributed by atoms with Crippen LogP contribution in [0.4, 0.5) is 0 Å². The molecule has 3 N–H and O–H groups in total. The zero-order chi connectivity index (χ0) is 17.5. The molecule has 136 valence electrons. The Morgan fingerprint density at radius 1 is 0.739 bits per heavy atom. The predicted molar refractivity (Wildman–Crippen MR) is 102 cm³/mol. The summed E-state index contributed by atoms with van der Waals surface area (Å²) in [6.07, 6.45) is 8.97. The summed E-state index contributed by atoms with van der Waals surface area (Å²) >= 11 is 0. The quantitative estimate of drug-likeness (QED) is 0.420. The highest BCUT2D eigenvalue weighted by molar-refractivity contribution is 5.92. The monoisotopic (exact) mass is 325 g/mol. The van der Waals surface area contributed by atoms with Gasteiger partial charge in [0.25, 0.3) is 0 Å². The van der Waals surface area contributed by atoms with Crippen LogP contribution in [0.2, 0.25) is 0 Å². The van der Waals surface area contributed by atoms with Crippen molar-refractivity contribution in [2.45, 2.75) is 79.1 Å². The van der Waals surface area contributed by atoms with E-state index in [-0.39, 0.29) is 0 Å². The molecule has 5 heteroatoms. The van der Waals surface area contributed by atoms with Crippen LogP contribution >= 0.6 is 0 Å². The van der Waals surface area contributed by atoms with Crippen LogP contribution in [0.3, 0.4) is 0 Å². The summed E-state index contributed by atoms with van der Waals surface area (Å²) in [5.74, 6) is 0.831. The number of aliphatic imine (C=N–C) groups is 1. The lowest BCUT2D eigenvalue weighted by Crippen LogP contribution is -2.41. The third-order valence-electron chi connectivity index (χ3n) is 3.97. The smallest absolute Gasteiger partial charge is 0.221 e. The first-order valence-corrected chi connectivity index (χ1v) is 9.53. The van der Waals surface area contributed by atoms with E-state index in [0.717, 1.165) is 77.5 Å². The molecule has 0 bridgehead atoms. The summed E-state index contributed by atoms with van der Waals surface area (Å²) in [5, 5.41) is 8.31. The second-order valence-corrected chi connectivity index (χ2v) is 6.18. The molecule has 23 heavy (non-hydrogen) atoms. The highest BCUT2D eigenvalue weighted by Crippen LogP contribution is 2.03. The predicted octanol–water partition coefficient (Wildman–Crippen LogP) is 4.04. The first kappa shape index (κ1) is 21.7. The van der Waals surface area contributed by atoms with Crippen molar-refractivity contribution in [1.82, 2.24) is 9.80 Å². The molecule has 0 aliphatic carbocycles. The summed E-state index contributed by atoms with van der Waals surface area (Å²) < 4.78 is 0. The third-order valence-corrected chi connectivity index (χ3v) is 3.97. The van der Waals surface area contributed by atoms with E-state index in [4.69, 9.17) is 11.1 Å². The highest BCUT2D eigenvalue weighted by Gasteiger charge is 2.12. The first-order chi connectivity index (χ1) is 11.1. The molecule has 0 saturated heterocycles. The van der Waals surface area contributed by atoms with Gasteiger partial charge in [-0.25, -0.2) is 0 Å². The lowest BCUT2D eigenvalue weighted by molar-refractivity contribution is 0.383. The van der Waals surface area contributed by atoms with Crippen LogP contribution < -0.4 is 5.73 Å². The van der Waals surface area contributed by atoms with Gasteiger partial charge in [-0.2, -0.15) is 4.99 Å². The van der Waals surface area contributed by atoms with E-state index in [1.54, 1.807) is 0 Å². The molecule has 0 aliphatic heterocycles. The van der Waals surface area contributed by atoms with E-state index in [1.165, 1.54) is 0 Å². The average molecular weight is 326 g/mol. The van der Waals surface area contributed by atoms with Crippen molar-refractivity contribution < 1.29 is 0 Å². The first-order valence-electron chi connectivity index (χ1n) is 9.53. The molecule has 0 unspecified atom stereocenters. The van der Waals surface area contributed by atoms with Crippen LogP contribution in [0.1, 0.15) is 79.1 Å². The van der Waals surface area contributed by atoms with Crippen molar-refractivity contribution in [1.29, 1.82) is 5.41 Å². The summed E-state index contributed by atoms with van der Waals surface area (Å²) in [5.41, 5.74) is 6.20. The average Bonchev–Trinajstić information content (AvgIpc) is 2.54. The van der Waals surface area contributed by atoms with Crippen LogP contribution in [0.25, 0.3) is 0 Å². The molecule has 0 aromatic carbocycles. The largest absolute Gasteiger partial charge is 0.369 e. The number of rotatable bonds is 12. The van der Waals surface area contributed by atoms with Crippen LogP contribution in [0, 0.1) is 5.41 Å². The molecule has 0 saturated carbocycles. The molecule has 5 nitrogen and oxygen atoms in total. The number of nitrogens with two attached hydrogens (primary N) is 1. The van der Waals surface area contributed by atoms with E-state index < -0.39 is 0 Å². The molecular formula is C18H39N5. The van der Waals surface area contributed by atoms with Crippen molar-refractivity contribution in [3.05, 3.63) is 0 Å². The van der Waals surface area contributed by atoms with Gasteiger partial charge in [0, 0.05) is 26.2 Å². The number of hydrogen-bond donors (Lipinski definition) is 2. The van der Waals surface area contributed by atoms with E-state index in [0.29, 0.717) is 11.9 Å². The molecule has 0 fully saturated rings. The molecule has 0 aromatic heterocycles. The van der Waals surface area contributed by atoms with Gasteiger partial charge in [0.05, 0.1) is 0 Å². The van der Waals surface area contributed by atoms with Crippen LogP contribution in [-0.2, 0) is 0 Å². The van der Waals surface area contributed by atoms with Crippen molar-refractivity contribution in [2.24, 2.45) is 10.7 Å². The molecule has 0 heterocycles. The van der Waals surface area contributed by atoms with Crippen molar-refractivity contribution in [3.63, 3.8) is 0 Å². The molecule has 0 spiro atoms. The van der Waals surface area contributed by atoms with Crippen LogP contribution in [-0.4, -0.2) is 47.9 Å². The highest BCUT2D eigenvalue weighted by atomic mass is 15.3. The molecule has 0 aliphatic rings. The molecule has 0 rings (SSSR count). The maximum absolute atomic E-state index is 8.31. The van der Waals surface area contributed by atoms with Crippen LogP contribution in [0.15, 0.2) is 4.99 Å². The van der Waals surface area contributed by atoms with Gasteiger partial charge in [-0.3, -0.25) is 5.41 Å². The van der Waals surface area contributed by atoms with Gasteiger partial charge in [-0.15, -0.1) is 0 Å². The standard InChI is InChI=1S/C18H39N5/c1-5-9-13-22(14-10-6-2)17(19)21-18(20)23(15-11-7-3)16-12-8-4/h5-16H2,1-4H3,(H3,19,20,21). The summed E-state index contributed by atoms with van der Waals surface area (Å²) in [7, 11) is 0. The van der Waals surface area contributed by atoms with Gasteiger partial charge in [0.15, 0.2) is 5.96 Å². The van der Waals surface area contributed by atoms with Gasteiger partial charge in [-0.1, -0.05) is 53.4 Å². The number of unbranched alkanes of at least 4 members (excludes halogenated alkanes) is 4. The van der Waals surface area contributed by atoms with E-state index in [9.17, 15) is 0 Å². The van der Waals surface area contributed by atoms with E-state index in [2.05, 4.69) is 42.5 Å². The third kappa shape index (κ3) is 10.2. The molecule has 0 radical (unpaired) electrons. The molecule has 0 amide bonds. The molecule has 0 atom stereocenters. The fraction of sp³-hybridized carbons (Fsp3) is 0.889. The van der Waals surface area contributed by atoms with Gasteiger partial charge in [0.1, 0.15) is 0 Å². The zero-order valence-electron chi connectivity index (χ0n) is 15.9. The van der Waals surface area contributed by atoms with Gasteiger partial charge in [-0.05, 0) is 25.7 Å². The fourth-order valence-electron chi connectivity index (χ4n) is 2.31. The number of hydrogen-bond acceptors (Lipinski definition) is 1. The normalized spacial score (nSPS) is 11.6. The van der Waals surface area contributed by atoms with Crippen LogP contribution in [0.5, 0.6) is 0 Å². The van der Waals surface area contributed by atoms with E-state index in [1.807, 2.05) is 0 Å². The minimum atomic E-state index is 0.322. The minimum Gasteiger partial charge on any atom is -0.369 e. The maximum Gasteiger partial charge on any atom is 0.221 e. The topological polar surface area (TPSA) is 68.7 Å². The van der Waals surface area contributed by atoms with Gasteiger partial charge >= 0.3 is 0 Å². The Kier molecular flexibility index (Phi) is 13.6. The van der Waals surface area contributed by atoms with Crippen molar-refractivity contribution >= 4 is 11.9 Å². The Labute approximate surface area is 143 Å². The Morgan fingerprint density at radius 3 is 1.43 bits per heavy atom. The number of guanidine groups is 2. The minimum absolute atomic E-state index is 0.322. The van der Waals surface area contributed by atoms with Crippen molar-refractivity contribution in [3.8, 4) is 0 Å². The SMILES string of the molecule is CCCCN(CCCC)C(=N)/N=C(\N)N(CCCC)CCCC. The summed E-state index contributed by atoms with van der Waals surface area (Å²) in [6, 6.07) is 0. The lowest BCUT2D eigenvalue weighted by Gasteiger charge is -2.26. The van der Waals surface area contributed by atoms with Gasteiger partial charge in [0.2, 0.25) is 5.96 Å². The van der Waals surface area contributed by atoms with Crippen molar-refractivity contribution in [2.75, 3.05) is 26.2 Å².